The van der Waals surface area contributed by atoms with Gasteiger partial charge < -0.3 is 10.0 Å². The molecule has 0 unspecified atom stereocenters. The zero-order chi connectivity index (χ0) is 17.1. The number of nitrogens with one attached hydrogen (secondary N) is 1. The van der Waals surface area contributed by atoms with Crippen molar-refractivity contribution < 1.29 is 9.90 Å². The van der Waals surface area contributed by atoms with Gasteiger partial charge in [0, 0.05) is 32.3 Å². The predicted octanol–water partition coefficient (Wildman–Crippen LogP) is 0.652. The van der Waals surface area contributed by atoms with Crippen LogP contribution in [-0.4, -0.2) is 50.4 Å². The van der Waals surface area contributed by atoms with E-state index in [1.54, 1.807) is 16.6 Å². The fourth-order valence-electron chi connectivity index (χ4n) is 2.99. The summed E-state index contributed by atoms with van der Waals surface area (Å²) in [5.74, 6) is 0.00224. The Labute approximate surface area is 134 Å². The van der Waals surface area contributed by atoms with E-state index < -0.39 is 0 Å². The number of aromatic nitrogens is 3. The number of fused-ring (bicyclic) bond motifs is 1. The van der Waals surface area contributed by atoms with Crippen molar-refractivity contribution in [3.8, 4) is 0 Å². The van der Waals surface area contributed by atoms with Crippen LogP contribution in [0.5, 0.6) is 0 Å². The van der Waals surface area contributed by atoms with Crippen molar-refractivity contribution in [3.05, 3.63) is 27.2 Å². The zero-order valence-electron chi connectivity index (χ0n) is 14.1. The van der Waals surface area contributed by atoms with Crippen LogP contribution in [0.1, 0.15) is 30.2 Å². The summed E-state index contributed by atoms with van der Waals surface area (Å²) in [5, 5.41) is 12.3. The highest BCUT2D eigenvalue weighted by Crippen LogP contribution is 2.21. The number of carbonyl (C=O) groups excluding carboxylic acids is 1. The predicted molar refractivity (Wildman–Crippen MR) is 88.5 cm³/mol. The number of likely N-dealkylation sites (N-methyl/N-ethyl adjacent to an activating group) is 1. The monoisotopic (exact) mass is 320 g/mol. The molecule has 0 aliphatic heterocycles. The van der Waals surface area contributed by atoms with Crippen LogP contribution >= 0.6 is 0 Å². The highest BCUT2D eigenvalue weighted by Gasteiger charge is 2.17. The minimum Gasteiger partial charge on any atom is -0.395 e. The Hall–Kier alpha value is -2.15. The molecule has 0 aromatic carbocycles. The van der Waals surface area contributed by atoms with Gasteiger partial charge >= 0.3 is 0 Å². The van der Waals surface area contributed by atoms with Gasteiger partial charge in [-0.25, -0.2) is 4.98 Å². The molecule has 0 aliphatic carbocycles. The summed E-state index contributed by atoms with van der Waals surface area (Å²) in [4.78, 5) is 30.4. The van der Waals surface area contributed by atoms with Crippen molar-refractivity contribution in [2.24, 2.45) is 7.05 Å². The van der Waals surface area contributed by atoms with Crippen LogP contribution in [0.15, 0.2) is 4.79 Å². The molecule has 0 bridgehead atoms. The Bertz CT molecular complexity index is 776. The van der Waals surface area contributed by atoms with Crippen molar-refractivity contribution in [2.45, 2.75) is 33.6 Å². The first-order valence-electron chi connectivity index (χ1n) is 7.84. The Kier molecular flexibility index (Phi) is 5.20. The topological polar surface area (TPSA) is 91.2 Å². The molecule has 0 aliphatic rings. The summed E-state index contributed by atoms with van der Waals surface area (Å²) in [5.41, 5.74) is 3.14. The smallest absolute Gasteiger partial charge is 0.273 e. The van der Waals surface area contributed by atoms with Crippen molar-refractivity contribution in [2.75, 3.05) is 19.7 Å². The molecule has 0 spiro atoms. The van der Waals surface area contributed by atoms with Gasteiger partial charge in [0.1, 0.15) is 0 Å². The van der Waals surface area contributed by atoms with Gasteiger partial charge in [-0.15, -0.1) is 0 Å². The third-order valence-corrected chi connectivity index (χ3v) is 4.27. The Balaban J connectivity index is 2.29. The highest BCUT2D eigenvalue weighted by atomic mass is 16.3. The number of aromatic amines is 1. The molecule has 0 radical (unpaired) electrons. The van der Waals surface area contributed by atoms with Crippen molar-refractivity contribution >= 4 is 16.9 Å². The van der Waals surface area contributed by atoms with E-state index in [0.29, 0.717) is 37.0 Å². The second kappa shape index (κ2) is 6.95. The first kappa shape index (κ1) is 17.2. The molecule has 126 valence electrons. The number of H-pyrrole nitrogens is 1. The molecule has 1 amide bonds. The first-order chi connectivity index (χ1) is 10.9. The maximum atomic E-state index is 12.2. The maximum Gasteiger partial charge on any atom is 0.273 e. The van der Waals surface area contributed by atoms with Crippen molar-refractivity contribution in [1.29, 1.82) is 0 Å². The second-order valence-electron chi connectivity index (χ2n) is 5.70. The summed E-state index contributed by atoms with van der Waals surface area (Å²) < 4.78 is 1.62. The van der Waals surface area contributed by atoms with Crippen molar-refractivity contribution in [1.82, 2.24) is 19.7 Å². The quantitative estimate of drug-likeness (QED) is 0.817. The molecule has 0 saturated heterocycles. The summed E-state index contributed by atoms with van der Waals surface area (Å²) in [6.45, 7) is 6.58. The molecular formula is C16H24N4O3. The lowest BCUT2D eigenvalue weighted by Crippen LogP contribution is -2.33. The third-order valence-electron chi connectivity index (χ3n) is 4.27. The summed E-state index contributed by atoms with van der Waals surface area (Å²) in [6.07, 6.45) is 0.878. The lowest BCUT2D eigenvalue weighted by molar-refractivity contribution is -0.131. The molecule has 7 nitrogen and oxygen atoms in total. The van der Waals surface area contributed by atoms with Crippen LogP contribution in [0, 0.1) is 13.8 Å². The average molecular weight is 320 g/mol. The molecule has 2 aromatic heterocycles. The SMILES string of the molecule is CCN(CCO)C(=O)CCc1c(C)nc2c(c1C)c(=O)[nH]n2C. The Morgan fingerprint density at radius 3 is 2.70 bits per heavy atom. The standard InChI is InChI=1S/C16H24N4O3/c1-5-20(8-9-21)13(22)7-6-12-10(2)14-15(17-11(12)3)19(4)18-16(14)23/h21H,5-9H2,1-4H3,(H,18,23). The molecule has 2 N–H and O–H groups in total. The third kappa shape index (κ3) is 3.29. The van der Waals surface area contributed by atoms with Gasteiger partial charge in [-0.1, -0.05) is 0 Å². The highest BCUT2D eigenvalue weighted by molar-refractivity contribution is 5.81. The number of aliphatic hydroxyl groups excluding tert-OH is 1. The number of aliphatic hydroxyl groups is 1. The van der Waals surface area contributed by atoms with Gasteiger partial charge in [0.25, 0.3) is 5.56 Å². The Morgan fingerprint density at radius 2 is 2.09 bits per heavy atom. The van der Waals surface area contributed by atoms with E-state index in [0.717, 1.165) is 16.8 Å². The number of amides is 1. The normalized spacial score (nSPS) is 11.2. The van der Waals surface area contributed by atoms with Crippen molar-refractivity contribution in [3.63, 3.8) is 0 Å². The molecule has 2 rings (SSSR count). The summed E-state index contributed by atoms with van der Waals surface area (Å²) in [6, 6.07) is 0. The van der Waals surface area contributed by atoms with E-state index in [9.17, 15) is 9.59 Å². The fraction of sp³-hybridized carbons (Fsp3) is 0.562. The number of nitrogens with zero attached hydrogens (tertiary/aromatic N) is 3. The Morgan fingerprint density at radius 1 is 1.39 bits per heavy atom. The largest absolute Gasteiger partial charge is 0.395 e. The van der Waals surface area contributed by atoms with Gasteiger partial charge in [0.15, 0.2) is 5.65 Å². The molecule has 0 fully saturated rings. The lowest BCUT2D eigenvalue weighted by atomic mass is 10.00. The van der Waals surface area contributed by atoms with Gasteiger partial charge in [-0.2, -0.15) is 0 Å². The van der Waals surface area contributed by atoms with Crippen LogP contribution < -0.4 is 5.56 Å². The summed E-state index contributed by atoms with van der Waals surface area (Å²) >= 11 is 0. The number of hydrogen-bond acceptors (Lipinski definition) is 4. The van der Waals surface area contributed by atoms with Gasteiger partial charge in [0.05, 0.1) is 12.0 Å². The van der Waals surface area contributed by atoms with Crippen LogP contribution in [-0.2, 0) is 18.3 Å². The minimum atomic E-state index is -0.157. The summed E-state index contributed by atoms with van der Waals surface area (Å²) in [7, 11) is 1.76. The molecule has 0 atom stereocenters. The minimum absolute atomic E-state index is 0.00224. The number of pyridine rings is 1. The first-order valence-corrected chi connectivity index (χ1v) is 7.84. The molecule has 2 aromatic rings. The number of carbonyl (C=O) groups is 1. The van der Waals surface area contributed by atoms with Crippen LogP contribution in [0.3, 0.4) is 0 Å². The van der Waals surface area contributed by atoms with E-state index in [1.165, 1.54) is 0 Å². The van der Waals surface area contributed by atoms with E-state index in [4.69, 9.17) is 5.11 Å². The van der Waals surface area contributed by atoms with Crippen LogP contribution in [0.2, 0.25) is 0 Å². The molecule has 23 heavy (non-hydrogen) atoms. The average Bonchev–Trinajstić information content (AvgIpc) is 2.78. The molecular weight excluding hydrogens is 296 g/mol. The van der Waals surface area contributed by atoms with E-state index in [1.807, 2.05) is 20.8 Å². The van der Waals surface area contributed by atoms with Gasteiger partial charge in [-0.05, 0) is 38.3 Å². The molecule has 7 heteroatoms. The molecule has 0 saturated carbocycles. The lowest BCUT2D eigenvalue weighted by Gasteiger charge is -2.20. The van der Waals surface area contributed by atoms with E-state index >= 15 is 0 Å². The van der Waals surface area contributed by atoms with Crippen LogP contribution in [0.25, 0.3) is 11.0 Å². The second-order valence-corrected chi connectivity index (χ2v) is 5.70. The maximum absolute atomic E-state index is 12.2. The van der Waals surface area contributed by atoms with Gasteiger partial charge in [-0.3, -0.25) is 19.4 Å². The van der Waals surface area contributed by atoms with Gasteiger partial charge in [0.2, 0.25) is 5.91 Å². The fourth-order valence-corrected chi connectivity index (χ4v) is 2.99. The molecule has 2 heterocycles. The van der Waals surface area contributed by atoms with E-state index in [2.05, 4.69) is 10.1 Å². The number of aryl methyl sites for hydroxylation is 3. The zero-order valence-corrected chi connectivity index (χ0v) is 14.1. The van der Waals surface area contributed by atoms with E-state index in [-0.39, 0.29) is 18.1 Å². The number of rotatable bonds is 6. The van der Waals surface area contributed by atoms with Crippen LogP contribution in [0.4, 0.5) is 0 Å². The number of hydrogen-bond donors (Lipinski definition) is 2.